The normalized spacial score (nSPS) is 19.9. The second kappa shape index (κ2) is 6.58. The van der Waals surface area contributed by atoms with E-state index in [1.54, 1.807) is 45.9 Å². The molecule has 0 aromatic heterocycles. The van der Waals surface area contributed by atoms with Crippen LogP contribution < -0.4 is 5.32 Å². The summed E-state index contributed by atoms with van der Waals surface area (Å²) < 4.78 is 10.3. The average molecular weight is 321 g/mol. The van der Waals surface area contributed by atoms with Gasteiger partial charge < -0.3 is 19.9 Å². The Kier molecular flexibility index (Phi) is 4.94. The quantitative estimate of drug-likeness (QED) is 0.835. The zero-order chi connectivity index (χ0) is 17.2. The second-order valence-corrected chi connectivity index (χ2v) is 6.49. The fraction of sp³-hybridized carbons (Fsp3) is 0.529. The second-order valence-electron chi connectivity index (χ2n) is 6.49. The number of hydrogen-bond acceptors (Lipinski definition) is 5. The van der Waals surface area contributed by atoms with Crippen molar-refractivity contribution < 1.29 is 24.2 Å². The van der Waals surface area contributed by atoms with Crippen LogP contribution in [-0.4, -0.2) is 35.5 Å². The molecule has 2 rings (SSSR count). The number of carbonyl (C=O) groups excluding carboxylic acids is 2. The van der Waals surface area contributed by atoms with Gasteiger partial charge in [-0.05, 0) is 44.9 Å². The molecule has 0 unspecified atom stereocenters. The fourth-order valence-electron chi connectivity index (χ4n) is 2.67. The van der Waals surface area contributed by atoms with Gasteiger partial charge in [-0.25, -0.2) is 9.59 Å². The van der Waals surface area contributed by atoms with Crippen LogP contribution >= 0.6 is 0 Å². The summed E-state index contributed by atoms with van der Waals surface area (Å²) in [5.41, 5.74) is 1.23. The van der Waals surface area contributed by atoms with E-state index in [-0.39, 0.29) is 13.0 Å². The van der Waals surface area contributed by atoms with Crippen LogP contribution in [0.5, 0.6) is 0 Å². The standard InChI is InChI=1S/C17H23NO5/c1-5-22-15(20)11-8-6-7-10-12(11)9-13(19)14(10)18-16(21)23-17(2,3)4/h6-8,13-14,19H,5,9H2,1-4H3,(H,18,21)/t13-,14-/m1/s1. The Morgan fingerprint density at radius 2 is 2.04 bits per heavy atom. The van der Waals surface area contributed by atoms with E-state index in [2.05, 4.69) is 5.32 Å². The highest BCUT2D eigenvalue weighted by molar-refractivity contribution is 5.92. The van der Waals surface area contributed by atoms with Crippen molar-refractivity contribution >= 4 is 12.1 Å². The number of aliphatic hydroxyl groups excluding tert-OH is 1. The summed E-state index contributed by atoms with van der Waals surface area (Å²) in [5.74, 6) is -0.422. The molecule has 0 saturated carbocycles. The maximum Gasteiger partial charge on any atom is 0.408 e. The van der Waals surface area contributed by atoms with Crippen molar-refractivity contribution in [1.82, 2.24) is 5.32 Å². The van der Waals surface area contributed by atoms with Crippen LogP contribution in [0.4, 0.5) is 4.79 Å². The van der Waals surface area contributed by atoms with Crippen molar-refractivity contribution in [1.29, 1.82) is 0 Å². The molecule has 2 N–H and O–H groups in total. The summed E-state index contributed by atoms with van der Waals surface area (Å²) in [6, 6.07) is 4.57. The largest absolute Gasteiger partial charge is 0.462 e. The SMILES string of the molecule is CCOC(=O)c1cccc2c1C[C@@H](O)[C@@H]2NC(=O)OC(C)(C)C. The lowest BCUT2D eigenvalue weighted by Gasteiger charge is -2.23. The van der Waals surface area contributed by atoms with Gasteiger partial charge in [0.15, 0.2) is 0 Å². The third-order valence-corrected chi connectivity index (χ3v) is 3.51. The lowest BCUT2D eigenvalue weighted by atomic mass is 10.0. The Hall–Kier alpha value is -2.08. The highest BCUT2D eigenvalue weighted by Gasteiger charge is 2.36. The van der Waals surface area contributed by atoms with Gasteiger partial charge in [0.05, 0.1) is 24.3 Å². The van der Waals surface area contributed by atoms with E-state index in [1.165, 1.54) is 0 Å². The molecule has 0 saturated heterocycles. The van der Waals surface area contributed by atoms with E-state index < -0.39 is 29.8 Å². The molecule has 0 aliphatic heterocycles. The molecule has 6 heteroatoms. The van der Waals surface area contributed by atoms with Crippen molar-refractivity contribution in [3.05, 3.63) is 34.9 Å². The Balaban J connectivity index is 2.23. The first-order chi connectivity index (χ1) is 10.7. The summed E-state index contributed by atoms with van der Waals surface area (Å²) in [6.45, 7) is 7.33. The molecular formula is C17H23NO5. The average Bonchev–Trinajstić information content (AvgIpc) is 2.73. The van der Waals surface area contributed by atoms with Gasteiger partial charge in [0.1, 0.15) is 5.60 Å². The minimum Gasteiger partial charge on any atom is -0.462 e. The summed E-state index contributed by atoms with van der Waals surface area (Å²) in [5, 5.41) is 12.9. The molecule has 1 aliphatic carbocycles. The smallest absolute Gasteiger partial charge is 0.408 e. The number of aliphatic hydroxyl groups is 1. The zero-order valence-electron chi connectivity index (χ0n) is 13.9. The molecule has 2 atom stereocenters. The van der Waals surface area contributed by atoms with Gasteiger partial charge in [-0.1, -0.05) is 12.1 Å². The summed E-state index contributed by atoms with van der Waals surface area (Å²) >= 11 is 0. The molecule has 6 nitrogen and oxygen atoms in total. The Morgan fingerprint density at radius 1 is 1.35 bits per heavy atom. The molecule has 0 bridgehead atoms. The summed E-state index contributed by atoms with van der Waals surface area (Å²) in [4.78, 5) is 24.0. The van der Waals surface area contributed by atoms with Crippen LogP contribution in [0, 0.1) is 0 Å². The number of ether oxygens (including phenoxy) is 2. The Bertz CT molecular complexity index is 605. The fourth-order valence-corrected chi connectivity index (χ4v) is 2.67. The third-order valence-electron chi connectivity index (χ3n) is 3.51. The molecule has 126 valence electrons. The van der Waals surface area contributed by atoms with E-state index in [9.17, 15) is 14.7 Å². The predicted octanol–water partition coefficient (Wildman–Crippen LogP) is 2.35. The molecule has 1 aromatic carbocycles. The van der Waals surface area contributed by atoms with Gasteiger partial charge in [-0.3, -0.25) is 0 Å². The van der Waals surface area contributed by atoms with Gasteiger partial charge in [-0.2, -0.15) is 0 Å². The molecule has 23 heavy (non-hydrogen) atoms. The van der Waals surface area contributed by atoms with Gasteiger partial charge in [-0.15, -0.1) is 0 Å². The number of nitrogens with one attached hydrogen (secondary N) is 1. The van der Waals surface area contributed by atoms with Gasteiger partial charge in [0, 0.05) is 6.42 Å². The van der Waals surface area contributed by atoms with Crippen molar-refractivity contribution in [2.24, 2.45) is 0 Å². The third kappa shape index (κ3) is 4.01. The molecule has 1 amide bonds. The maximum atomic E-state index is 12.0. The van der Waals surface area contributed by atoms with Crippen LogP contribution in [0.2, 0.25) is 0 Å². The van der Waals surface area contributed by atoms with Crippen LogP contribution in [-0.2, 0) is 15.9 Å². The van der Waals surface area contributed by atoms with E-state index in [4.69, 9.17) is 9.47 Å². The first-order valence-electron chi connectivity index (χ1n) is 7.69. The molecule has 1 aromatic rings. The van der Waals surface area contributed by atoms with Crippen LogP contribution in [0.25, 0.3) is 0 Å². The van der Waals surface area contributed by atoms with Gasteiger partial charge >= 0.3 is 12.1 Å². The number of hydrogen-bond donors (Lipinski definition) is 2. The summed E-state index contributed by atoms with van der Waals surface area (Å²) in [7, 11) is 0. The first-order valence-corrected chi connectivity index (χ1v) is 7.69. The van der Waals surface area contributed by atoms with Crippen LogP contribution in [0.15, 0.2) is 18.2 Å². The van der Waals surface area contributed by atoms with Crippen molar-refractivity contribution in [3.8, 4) is 0 Å². The van der Waals surface area contributed by atoms with Gasteiger partial charge in [0.25, 0.3) is 0 Å². The molecule has 0 fully saturated rings. The number of fused-ring (bicyclic) bond motifs is 1. The zero-order valence-corrected chi connectivity index (χ0v) is 13.9. The lowest BCUT2D eigenvalue weighted by Crippen LogP contribution is -2.38. The topological polar surface area (TPSA) is 84.9 Å². The molecule has 0 heterocycles. The monoisotopic (exact) mass is 321 g/mol. The van der Waals surface area contributed by atoms with Crippen LogP contribution in [0.1, 0.15) is 55.2 Å². The maximum absolute atomic E-state index is 12.0. The minimum atomic E-state index is -0.812. The van der Waals surface area contributed by atoms with Gasteiger partial charge in [0.2, 0.25) is 0 Å². The predicted molar refractivity (Wildman–Crippen MR) is 84.2 cm³/mol. The number of alkyl carbamates (subject to hydrolysis) is 1. The first kappa shape index (κ1) is 17.3. The van der Waals surface area contributed by atoms with Crippen LogP contribution in [0.3, 0.4) is 0 Å². The van der Waals surface area contributed by atoms with Crippen molar-refractivity contribution in [3.63, 3.8) is 0 Å². The molecule has 1 aliphatic rings. The number of benzene rings is 1. The lowest BCUT2D eigenvalue weighted by molar-refractivity contribution is 0.0436. The van der Waals surface area contributed by atoms with E-state index in [1.807, 2.05) is 0 Å². The Morgan fingerprint density at radius 3 is 2.65 bits per heavy atom. The molecular weight excluding hydrogens is 298 g/mol. The van der Waals surface area contributed by atoms with E-state index in [0.717, 1.165) is 0 Å². The van der Waals surface area contributed by atoms with E-state index >= 15 is 0 Å². The van der Waals surface area contributed by atoms with E-state index in [0.29, 0.717) is 16.7 Å². The van der Waals surface area contributed by atoms with Crippen molar-refractivity contribution in [2.75, 3.05) is 6.61 Å². The number of carbonyl (C=O) groups is 2. The molecule has 0 radical (unpaired) electrons. The van der Waals surface area contributed by atoms with Crippen molar-refractivity contribution in [2.45, 2.75) is 51.9 Å². The minimum absolute atomic E-state index is 0.282. The number of esters is 1. The highest BCUT2D eigenvalue weighted by Crippen LogP contribution is 2.34. The number of amides is 1. The highest BCUT2D eigenvalue weighted by atomic mass is 16.6. The Labute approximate surface area is 135 Å². The summed E-state index contributed by atoms with van der Waals surface area (Å²) in [6.07, 6.45) is -1.13. The molecule has 0 spiro atoms. The number of rotatable bonds is 3.